The quantitative estimate of drug-likeness (QED) is 0.750. The van der Waals surface area contributed by atoms with E-state index < -0.39 is 0 Å². The largest absolute Gasteiger partial charge is 0.303 e. The van der Waals surface area contributed by atoms with Crippen molar-refractivity contribution in [1.29, 1.82) is 0 Å². The summed E-state index contributed by atoms with van der Waals surface area (Å²) in [6.45, 7) is 11.2. The third-order valence-electron chi connectivity index (χ3n) is 3.02. The van der Waals surface area contributed by atoms with Gasteiger partial charge in [-0.2, -0.15) is 0 Å². The lowest BCUT2D eigenvalue weighted by atomic mass is 10.2. The Balaban J connectivity index is 2.39. The van der Waals surface area contributed by atoms with E-state index in [1.807, 2.05) is 6.92 Å². The van der Waals surface area contributed by atoms with E-state index in [0.717, 1.165) is 30.3 Å². The number of aryl methyl sites for hydroxylation is 2. The molecule has 4 heteroatoms. The zero-order chi connectivity index (χ0) is 12.8. The molecule has 0 saturated carbocycles. The average Bonchev–Trinajstić information content (AvgIpc) is 2.59. The lowest BCUT2D eigenvalue weighted by Gasteiger charge is -2.16. The molecule has 0 aliphatic heterocycles. The molecule has 3 nitrogen and oxygen atoms in total. The van der Waals surface area contributed by atoms with E-state index in [1.165, 1.54) is 4.88 Å². The summed E-state index contributed by atoms with van der Waals surface area (Å²) < 4.78 is 0. The Morgan fingerprint density at radius 3 is 2.41 bits per heavy atom. The van der Waals surface area contributed by atoms with E-state index in [1.54, 1.807) is 11.3 Å². The van der Waals surface area contributed by atoms with Crippen LogP contribution < -0.4 is 0 Å². The number of carbonyl (C=O) groups excluding carboxylic acids is 1. The molecule has 1 rings (SSSR count). The molecule has 0 atom stereocenters. The van der Waals surface area contributed by atoms with Gasteiger partial charge in [0.2, 0.25) is 0 Å². The predicted molar refractivity (Wildman–Crippen MR) is 72.7 cm³/mol. The van der Waals surface area contributed by atoms with Crippen LogP contribution in [0.1, 0.15) is 35.8 Å². The van der Waals surface area contributed by atoms with Crippen LogP contribution in [-0.4, -0.2) is 35.3 Å². The zero-order valence-corrected chi connectivity index (χ0v) is 12.1. The van der Waals surface area contributed by atoms with Crippen molar-refractivity contribution in [3.8, 4) is 0 Å². The Hall–Kier alpha value is -0.740. The van der Waals surface area contributed by atoms with Crippen molar-refractivity contribution in [3.63, 3.8) is 0 Å². The minimum Gasteiger partial charge on any atom is -0.303 e. The van der Waals surface area contributed by atoms with Crippen molar-refractivity contribution in [2.45, 2.75) is 40.5 Å². The molecule has 96 valence electrons. The fourth-order valence-electron chi connectivity index (χ4n) is 1.69. The predicted octanol–water partition coefficient (Wildman–Crippen LogP) is 2.60. The number of hydrogen-bond donors (Lipinski definition) is 0. The van der Waals surface area contributed by atoms with Crippen molar-refractivity contribution < 1.29 is 4.79 Å². The number of Topliss-reactive ketones (excluding diaryl/α,β-unsaturated/α-hetero) is 1. The van der Waals surface area contributed by atoms with Gasteiger partial charge in [0, 0.05) is 17.8 Å². The molecule has 0 saturated heterocycles. The second-order valence-electron chi connectivity index (χ2n) is 4.24. The number of thiazole rings is 1. The van der Waals surface area contributed by atoms with E-state index in [2.05, 4.69) is 30.7 Å². The van der Waals surface area contributed by atoms with Crippen molar-refractivity contribution in [1.82, 2.24) is 9.88 Å². The molecule has 0 radical (unpaired) electrons. The van der Waals surface area contributed by atoms with Gasteiger partial charge >= 0.3 is 0 Å². The van der Waals surface area contributed by atoms with Gasteiger partial charge in [0.25, 0.3) is 0 Å². The summed E-state index contributed by atoms with van der Waals surface area (Å²) in [5, 5.41) is 0.963. The molecule has 0 fully saturated rings. The number of nitrogens with zero attached hydrogens (tertiary/aromatic N) is 2. The van der Waals surface area contributed by atoms with Gasteiger partial charge in [-0.1, -0.05) is 13.8 Å². The van der Waals surface area contributed by atoms with E-state index in [9.17, 15) is 4.79 Å². The van der Waals surface area contributed by atoms with Gasteiger partial charge in [-0.05, 0) is 26.9 Å². The van der Waals surface area contributed by atoms with Crippen LogP contribution >= 0.6 is 11.3 Å². The molecule has 17 heavy (non-hydrogen) atoms. The van der Waals surface area contributed by atoms with Crippen LogP contribution in [0.15, 0.2) is 0 Å². The number of hydrogen-bond acceptors (Lipinski definition) is 4. The van der Waals surface area contributed by atoms with Gasteiger partial charge in [0.05, 0.1) is 12.1 Å². The van der Waals surface area contributed by atoms with Crippen molar-refractivity contribution in [2.24, 2.45) is 0 Å². The summed E-state index contributed by atoms with van der Waals surface area (Å²) in [6, 6.07) is 0. The summed E-state index contributed by atoms with van der Waals surface area (Å²) in [5.41, 5.74) is 1.06. The van der Waals surface area contributed by atoms with Gasteiger partial charge in [-0.3, -0.25) is 4.79 Å². The van der Waals surface area contributed by atoms with Crippen molar-refractivity contribution in [2.75, 3.05) is 19.6 Å². The standard InChI is InChI=1S/C13H22N2OS/c1-5-15(6-2)8-7-12(16)9-13-14-10(3)11(4)17-13/h5-9H2,1-4H3. The highest BCUT2D eigenvalue weighted by Crippen LogP contribution is 2.17. The first kappa shape index (κ1) is 14.3. The van der Waals surface area contributed by atoms with E-state index >= 15 is 0 Å². The highest BCUT2D eigenvalue weighted by Gasteiger charge is 2.10. The highest BCUT2D eigenvalue weighted by molar-refractivity contribution is 7.11. The van der Waals surface area contributed by atoms with Crippen molar-refractivity contribution >= 4 is 17.1 Å². The monoisotopic (exact) mass is 254 g/mol. The molecular weight excluding hydrogens is 232 g/mol. The van der Waals surface area contributed by atoms with Crippen LogP contribution in [0.3, 0.4) is 0 Å². The van der Waals surface area contributed by atoms with E-state index in [0.29, 0.717) is 18.6 Å². The lowest BCUT2D eigenvalue weighted by Crippen LogP contribution is -2.26. The molecule has 0 aliphatic rings. The van der Waals surface area contributed by atoms with Gasteiger partial charge in [0.15, 0.2) is 0 Å². The average molecular weight is 254 g/mol. The van der Waals surface area contributed by atoms with Crippen LogP contribution in [-0.2, 0) is 11.2 Å². The lowest BCUT2D eigenvalue weighted by molar-refractivity contribution is -0.118. The maximum atomic E-state index is 11.8. The third-order valence-corrected chi connectivity index (χ3v) is 4.10. The molecule has 0 unspecified atom stereocenters. The molecule has 0 spiro atoms. The molecule has 1 aromatic heterocycles. The van der Waals surface area contributed by atoms with Crippen LogP contribution in [0.4, 0.5) is 0 Å². The smallest absolute Gasteiger partial charge is 0.140 e. The minimum absolute atomic E-state index is 0.297. The van der Waals surface area contributed by atoms with Crippen LogP contribution in [0.2, 0.25) is 0 Å². The number of aromatic nitrogens is 1. The highest BCUT2D eigenvalue weighted by atomic mass is 32.1. The number of ketones is 1. The first-order chi connectivity index (χ1) is 8.06. The first-order valence-electron chi connectivity index (χ1n) is 6.23. The molecule has 0 amide bonds. The summed E-state index contributed by atoms with van der Waals surface area (Å²) >= 11 is 1.64. The van der Waals surface area contributed by atoms with Gasteiger partial charge in [-0.15, -0.1) is 11.3 Å². The van der Waals surface area contributed by atoms with Crippen LogP contribution in [0, 0.1) is 13.8 Å². The Morgan fingerprint density at radius 2 is 1.94 bits per heavy atom. The Kier molecular flexibility index (Phi) is 5.78. The third kappa shape index (κ3) is 4.56. The number of carbonyl (C=O) groups is 1. The molecule has 1 heterocycles. The van der Waals surface area contributed by atoms with Crippen LogP contribution in [0.25, 0.3) is 0 Å². The van der Waals surface area contributed by atoms with E-state index in [4.69, 9.17) is 0 Å². The summed E-state index contributed by atoms with van der Waals surface area (Å²) in [7, 11) is 0. The molecule has 0 aliphatic carbocycles. The van der Waals surface area contributed by atoms with Gasteiger partial charge in [-0.25, -0.2) is 4.98 Å². The molecule has 0 aromatic carbocycles. The summed E-state index contributed by atoms with van der Waals surface area (Å²) in [6.07, 6.45) is 1.14. The molecule has 0 N–H and O–H groups in total. The Bertz CT molecular complexity index is 350. The summed E-state index contributed by atoms with van der Waals surface area (Å²) in [4.78, 5) is 19.7. The normalized spacial score (nSPS) is 11.1. The molecular formula is C13H22N2OS. The SMILES string of the molecule is CCN(CC)CCC(=O)Cc1nc(C)c(C)s1. The summed E-state index contributed by atoms with van der Waals surface area (Å²) in [5.74, 6) is 0.297. The second kappa shape index (κ2) is 6.87. The topological polar surface area (TPSA) is 33.2 Å². The second-order valence-corrected chi connectivity index (χ2v) is 5.53. The zero-order valence-electron chi connectivity index (χ0n) is 11.2. The van der Waals surface area contributed by atoms with Crippen LogP contribution in [0.5, 0.6) is 0 Å². The first-order valence-corrected chi connectivity index (χ1v) is 7.05. The maximum absolute atomic E-state index is 11.8. The number of rotatable bonds is 7. The fraction of sp³-hybridized carbons (Fsp3) is 0.692. The fourth-order valence-corrected chi connectivity index (χ4v) is 2.66. The van der Waals surface area contributed by atoms with E-state index in [-0.39, 0.29) is 0 Å². The van der Waals surface area contributed by atoms with Gasteiger partial charge in [0.1, 0.15) is 10.8 Å². The molecule has 1 aromatic rings. The Labute approximate surface area is 108 Å². The molecule has 0 bridgehead atoms. The van der Waals surface area contributed by atoms with Gasteiger partial charge < -0.3 is 4.90 Å². The minimum atomic E-state index is 0.297. The Morgan fingerprint density at radius 1 is 1.29 bits per heavy atom. The maximum Gasteiger partial charge on any atom is 0.140 e. The van der Waals surface area contributed by atoms with Crippen molar-refractivity contribution in [3.05, 3.63) is 15.6 Å².